The predicted molar refractivity (Wildman–Crippen MR) is 189 cm³/mol. The number of thiophene rings is 1. The minimum atomic E-state index is -1.18. The number of carbonyl (C=O) groups excluding carboxylic acids is 2. The topological polar surface area (TPSA) is 121 Å². The van der Waals surface area contributed by atoms with Crippen LogP contribution in [-0.4, -0.2) is 62.9 Å². The highest BCUT2D eigenvalue weighted by Crippen LogP contribution is 2.52. The molecule has 0 aliphatic carbocycles. The van der Waals surface area contributed by atoms with Crippen LogP contribution in [0.5, 0.6) is 0 Å². The molecule has 2 amide bonds. The Kier molecular flexibility index (Phi) is 8.18. The molecule has 4 aromatic rings. The molecule has 3 aliphatic rings. The SMILES string of the molecule is C=C1C[C@@H]2[C@@H]3CC[C@H](CN2c2nc(F)nc4c(F)c(-c5ccc(F)c6sc(NC(=O)OC(C)(C)C)c(C#N)c56)c(Cl)c1c24)N3C(=O)OC(C)(C)C. The van der Waals surface area contributed by atoms with Crippen molar-refractivity contribution < 1.29 is 32.2 Å². The Morgan fingerprint density at radius 2 is 1.75 bits per heavy atom. The van der Waals surface area contributed by atoms with Crippen LogP contribution in [0, 0.1) is 29.0 Å². The van der Waals surface area contributed by atoms with Gasteiger partial charge in [0.1, 0.15) is 39.4 Å². The van der Waals surface area contributed by atoms with Gasteiger partial charge in [-0.05, 0) is 78.0 Å². The van der Waals surface area contributed by atoms with Gasteiger partial charge in [-0.2, -0.15) is 19.6 Å². The number of piperazine rings is 1. The molecule has 0 saturated carbocycles. The summed E-state index contributed by atoms with van der Waals surface area (Å²) in [7, 11) is 0. The van der Waals surface area contributed by atoms with Gasteiger partial charge in [-0.25, -0.2) is 18.4 Å². The first-order valence-corrected chi connectivity index (χ1v) is 17.6. The van der Waals surface area contributed by atoms with Gasteiger partial charge in [-0.3, -0.25) is 10.2 Å². The largest absolute Gasteiger partial charge is 0.444 e. The first-order valence-electron chi connectivity index (χ1n) is 16.4. The Bertz CT molecular complexity index is 2240. The number of rotatable bonds is 2. The Hall–Kier alpha value is -4.61. The first-order chi connectivity index (χ1) is 23.9. The molecule has 0 spiro atoms. The van der Waals surface area contributed by atoms with Crippen LogP contribution in [0.2, 0.25) is 5.02 Å². The van der Waals surface area contributed by atoms with E-state index < -0.39 is 47.1 Å². The number of benzene rings is 2. The number of anilines is 2. The molecule has 266 valence electrons. The first kappa shape index (κ1) is 34.8. The highest BCUT2D eigenvalue weighted by molar-refractivity contribution is 7.23. The van der Waals surface area contributed by atoms with Gasteiger partial charge in [-0.1, -0.05) is 24.2 Å². The second-order valence-electron chi connectivity index (χ2n) is 15.0. The van der Waals surface area contributed by atoms with Crippen molar-refractivity contribution in [1.29, 1.82) is 5.26 Å². The van der Waals surface area contributed by atoms with Crippen molar-refractivity contribution in [2.45, 2.75) is 90.1 Å². The number of aromatic nitrogens is 2. The maximum atomic E-state index is 17.0. The second kappa shape index (κ2) is 12.0. The van der Waals surface area contributed by atoms with Gasteiger partial charge in [0.2, 0.25) is 0 Å². The van der Waals surface area contributed by atoms with Crippen molar-refractivity contribution in [3.8, 4) is 17.2 Å². The van der Waals surface area contributed by atoms with Crippen LogP contribution in [0.4, 0.5) is 33.6 Å². The van der Waals surface area contributed by atoms with Crippen molar-refractivity contribution in [3.05, 3.63) is 52.6 Å². The molecule has 5 heterocycles. The van der Waals surface area contributed by atoms with E-state index in [0.717, 1.165) is 17.4 Å². The third kappa shape index (κ3) is 5.80. The van der Waals surface area contributed by atoms with Gasteiger partial charge in [0.15, 0.2) is 5.82 Å². The number of nitrogens with one attached hydrogen (secondary N) is 1. The number of halogens is 4. The van der Waals surface area contributed by atoms with Crippen molar-refractivity contribution in [3.63, 3.8) is 0 Å². The van der Waals surface area contributed by atoms with E-state index in [-0.39, 0.29) is 84.1 Å². The van der Waals surface area contributed by atoms with Crippen LogP contribution < -0.4 is 10.2 Å². The summed E-state index contributed by atoms with van der Waals surface area (Å²) in [6.45, 7) is 15.0. The van der Waals surface area contributed by atoms with E-state index in [9.17, 15) is 14.9 Å². The molecule has 10 nitrogen and oxygen atoms in total. The predicted octanol–water partition coefficient (Wildman–Crippen LogP) is 9.17. The minimum absolute atomic E-state index is 0.00220. The average Bonchev–Trinajstić information content (AvgIpc) is 3.51. The molecule has 15 heteroatoms. The standard InChI is InChI=1S/C36H34ClF3N6O4S/c1-15-12-21-20-11-8-16(46(20)34(48)50-36(5,6)7)14-45(21)30-25-22(15)26(37)24(27(39)28(25)42-32(40)43-30)17-9-10-19(38)29-23(17)18(13-41)31(51-29)44-33(47)49-35(2,3)4/h9-10,16,20-21H,1,8,11-12,14H2,2-7H3,(H,44,47)/t16-,20+,21-/m1/s1. The third-order valence-corrected chi connectivity index (χ3v) is 10.7. The minimum Gasteiger partial charge on any atom is -0.444 e. The lowest BCUT2D eigenvalue weighted by Crippen LogP contribution is -2.62. The number of hydrogen-bond donors (Lipinski definition) is 1. The molecule has 0 radical (unpaired) electrons. The number of hydrogen-bond acceptors (Lipinski definition) is 9. The van der Waals surface area contributed by atoms with E-state index in [1.54, 1.807) is 46.4 Å². The highest BCUT2D eigenvalue weighted by Gasteiger charge is 2.51. The summed E-state index contributed by atoms with van der Waals surface area (Å²) in [5.74, 6) is -1.59. The summed E-state index contributed by atoms with van der Waals surface area (Å²) < 4.78 is 58.9. The summed E-state index contributed by atoms with van der Waals surface area (Å²) in [5, 5.41) is 12.8. The van der Waals surface area contributed by atoms with E-state index in [4.69, 9.17) is 21.1 Å². The molecule has 7 rings (SSSR count). The normalized spacial score (nSPS) is 19.9. The van der Waals surface area contributed by atoms with E-state index in [1.807, 2.05) is 11.0 Å². The van der Waals surface area contributed by atoms with Gasteiger partial charge in [0, 0.05) is 23.1 Å². The summed E-state index contributed by atoms with van der Waals surface area (Å²) in [4.78, 5) is 37.8. The van der Waals surface area contributed by atoms with Gasteiger partial charge in [-0.15, -0.1) is 11.3 Å². The van der Waals surface area contributed by atoms with Crippen LogP contribution in [0.15, 0.2) is 18.7 Å². The molecule has 3 aliphatic heterocycles. The number of nitriles is 1. The van der Waals surface area contributed by atoms with Gasteiger partial charge >= 0.3 is 18.3 Å². The lowest BCUT2D eigenvalue weighted by molar-refractivity contribution is 0.00775. The molecular weight excluding hydrogens is 705 g/mol. The van der Waals surface area contributed by atoms with E-state index >= 15 is 13.2 Å². The molecule has 3 atom stereocenters. The average molecular weight is 739 g/mol. The van der Waals surface area contributed by atoms with Crippen molar-refractivity contribution in [1.82, 2.24) is 14.9 Å². The molecule has 2 bridgehead atoms. The number of fused-ring (bicyclic) bond motifs is 6. The molecule has 1 N–H and O–H groups in total. The quantitative estimate of drug-likeness (QED) is 0.202. The fourth-order valence-electron chi connectivity index (χ4n) is 7.49. The van der Waals surface area contributed by atoms with Crippen LogP contribution in [0.25, 0.3) is 37.7 Å². The number of amides is 2. The summed E-state index contributed by atoms with van der Waals surface area (Å²) >= 11 is 7.93. The second-order valence-corrected chi connectivity index (χ2v) is 16.4. The zero-order chi connectivity index (χ0) is 36.9. The lowest BCUT2D eigenvalue weighted by Gasteiger charge is -2.47. The zero-order valence-corrected chi connectivity index (χ0v) is 30.3. The van der Waals surface area contributed by atoms with Crippen LogP contribution in [-0.2, 0) is 9.47 Å². The molecule has 2 aromatic carbocycles. The third-order valence-electron chi connectivity index (χ3n) is 9.25. The van der Waals surface area contributed by atoms with E-state index in [0.29, 0.717) is 18.4 Å². The maximum absolute atomic E-state index is 17.0. The van der Waals surface area contributed by atoms with Gasteiger partial charge in [0.05, 0.1) is 38.8 Å². The maximum Gasteiger partial charge on any atom is 0.412 e. The Labute approximate surface area is 300 Å². The number of nitrogens with zero attached hydrogens (tertiary/aromatic N) is 5. The Morgan fingerprint density at radius 3 is 2.41 bits per heavy atom. The van der Waals surface area contributed by atoms with Crippen molar-refractivity contribution >= 4 is 72.5 Å². The van der Waals surface area contributed by atoms with Crippen molar-refractivity contribution in [2.24, 2.45) is 0 Å². The molecule has 2 fully saturated rings. The molecule has 2 saturated heterocycles. The van der Waals surface area contributed by atoms with Gasteiger partial charge < -0.3 is 14.4 Å². The molecule has 2 aromatic heterocycles. The summed E-state index contributed by atoms with van der Waals surface area (Å²) in [6, 6.07) is 3.38. The summed E-state index contributed by atoms with van der Waals surface area (Å²) in [5.41, 5.74) is -1.54. The van der Waals surface area contributed by atoms with E-state index in [2.05, 4.69) is 21.9 Å². The van der Waals surface area contributed by atoms with E-state index in [1.165, 1.54) is 6.07 Å². The smallest absolute Gasteiger partial charge is 0.412 e. The molecule has 0 unspecified atom stereocenters. The van der Waals surface area contributed by atoms with Crippen LogP contribution in [0.3, 0.4) is 0 Å². The van der Waals surface area contributed by atoms with Crippen LogP contribution in [0.1, 0.15) is 71.9 Å². The fraction of sp³-hybridized carbons (Fsp3) is 0.417. The number of carbonyl (C=O) groups is 2. The lowest BCUT2D eigenvalue weighted by atomic mass is 9.90. The Balaban J connectivity index is 1.41. The van der Waals surface area contributed by atoms with Gasteiger partial charge in [0.25, 0.3) is 0 Å². The molecular formula is C36H34ClF3N6O4S. The molecule has 51 heavy (non-hydrogen) atoms. The highest BCUT2D eigenvalue weighted by atomic mass is 35.5. The van der Waals surface area contributed by atoms with Crippen LogP contribution >= 0.6 is 22.9 Å². The monoisotopic (exact) mass is 738 g/mol. The fourth-order valence-corrected chi connectivity index (χ4v) is 8.97. The number of ether oxygens (including phenoxy) is 2. The van der Waals surface area contributed by atoms with Crippen molar-refractivity contribution in [2.75, 3.05) is 16.8 Å². The zero-order valence-electron chi connectivity index (χ0n) is 28.7. The summed E-state index contributed by atoms with van der Waals surface area (Å²) in [6.07, 6.45) is -0.883. The Morgan fingerprint density at radius 1 is 1.04 bits per heavy atom.